The molecule has 2 aromatic rings. The molecule has 2 amide bonds. The van der Waals surface area contributed by atoms with Crippen LogP contribution in [0.15, 0.2) is 36.7 Å². The highest BCUT2D eigenvalue weighted by atomic mass is 35.5. The molecule has 0 bridgehead atoms. The quantitative estimate of drug-likeness (QED) is 0.894. The Balaban J connectivity index is 1.81. The molecular formula is C17H21ClN4O2. The van der Waals surface area contributed by atoms with Gasteiger partial charge in [-0.05, 0) is 30.5 Å². The number of imidazole rings is 1. The van der Waals surface area contributed by atoms with Gasteiger partial charge >= 0.3 is 6.03 Å². The summed E-state index contributed by atoms with van der Waals surface area (Å²) in [6.07, 6.45) is 4.47. The third kappa shape index (κ3) is 3.71. The van der Waals surface area contributed by atoms with Gasteiger partial charge < -0.3 is 19.9 Å². The Morgan fingerprint density at radius 3 is 2.58 bits per heavy atom. The molecule has 2 N–H and O–H groups in total. The lowest BCUT2D eigenvalue weighted by atomic mass is 10.1. The number of urea groups is 1. The number of likely N-dealkylation sites (tertiary alicyclic amines) is 1. The first kappa shape index (κ1) is 16.8. The average Bonchev–Trinajstić information content (AvgIpc) is 3.00. The van der Waals surface area contributed by atoms with Crippen LogP contribution in [0, 0.1) is 0 Å². The lowest BCUT2D eigenvalue weighted by molar-refractivity contribution is 0.0931. The molecule has 6 nitrogen and oxygen atoms in total. The van der Waals surface area contributed by atoms with Gasteiger partial charge in [-0.15, -0.1) is 0 Å². The summed E-state index contributed by atoms with van der Waals surface area (Å²) in [5.41, 5.74) is 0.916. The highest BCUT2D eigenvalue weighted by Crippen LogP contribution is 2.23. The number of halogens is 1. The molecule has 3 rings (SSSR count). The third-order valence-electron chi connectivity index (χ3n) is 4.34. The van der Waals surface area contributed by atoms with Crippen molar-refractivity contribution in [2.24, 2.45) is 7.05 Å². The summed E-state index contributed by atoms with van der Waals surface area (Å²) in [6, 6.07) is 6.88. The fourth-order valence-corrected chi connectivity index (χ4v) is 3.02. The number of nitrogens with one attached hydrogen (secondary N) is 1. The molecule has 0 unspecified atom stereocenters. The Labute approximate surface area is 146 Å². The van der Waals surface area contributed by atoms with Gasteiger partial charge in [-0.3, -0.25) is 0 Å². The number of aromatic nitrogens is 2. The summed E-state index contributed by atoms with van der Waals surface area (Å²) in [5, 5.41) is 13.3. The van der Waals surface area contributed by atoms with E-state index in [2.05, 4.69) is 10.3 Å². The van der Waals surface area contributed by atoms with Gasteiger partial charge in [0.1, 0.15) is 11.9 Å². The van der Waals surface area contributed by atoms with E-state index in [0.29, 0.717) is 31.0 Å². The molecule has 0 radical (unpaired) electrons. The number of piperidine rings is 1. The van der Waals surface area contributed by atoms with Crippen LogP contribution < -0.4 is 5.32 Å². The average molecular weight is 349 g/mol. The molecule has 0 saturated carbocycles. The van der Waals surface area contributed by atoms with Gasteiger partial charge in [0.05, 0.1) is 6.10 Å². The standard InChI is InChI=1S/C17H21ClN4O2/c1-21-11-8-19-16(21)15(12-2-4-13(18)5-3-12)20-17(24)22-9-6-14(23)7-10-22/h2-5,8,11,14-15,23H,6-7,9-10H2,1H3,(H,20,24)/t15-/m0/s1. The Morgan fingerprint density at radius 1 is 1.33 bits per heavy atom. The molecule has 0 spiro atoms. The zero-order chi connectivity index (χ0) is 17.1. The molecule has 1 fully saturated rings. The molecule has 1 aromatic heterocycles. The van der Waals surface area contributed by atoms with Gasteiger partial charge in [0.2, 0.25) is 0 Å². The first-order valence-electron chi connectivity index (χ1n) is 8.01. The van der Waals surface area contributed by atoms with Crippen LogP contribution in [0.5, 0.6) is 0 Å². The zero-order valence-electron chi connectivity index (χ0n) is 13.5. The van der Waals surface area contributed by atoms with Crippen LogP contribution in [0.3, 0.4) is 0 Å². The Bertz CT molecular complexity index is 693. The Morgan fingerprint density at radius 2 is 2.00 bits per heavy atom. The van der Waals surface area contributed by atoms with Crippen LogP contribution in [0.25, 0.3) is 0 Å². The summed E-state index contributed by atoms with van der Waals surface area (Å²) < 4.78 is 1.89. The minimum atomic E-state index is -0.360. The number of hydrogen-bond donors (Lipinski definition) is 2. The van der Waals surface area contributed by atoms with E-state index in [-0.39, 0.29) is 18.2 Å². The maximum atomic E-state index is 12.6. The molecule has 1 aliphatic heterocycles. The Hall–Kier alpha value is -2.05. The zero-order valence-corrected chi connectivity index (χ0v) is 14.3. The van der Waals surface area contributed by atoms with Gasteiger partial charge in [-0.25, -0.2) is 9.78 Å². The van der Waals surface area contributed by atoms with Crippen LogP contribution in [-0.2, 0) is 7.05 Å². The molecule has 128 valence electrons. The van der Waals surface area contributed by atoms with Crippen LogP contribution in [0.2, 0.25) is 5.02 Å². The predicted octanol–water partition coefficient (Wildman–Crippen LogP) is 2.33. The fraction of sp³-hybridized carbons (Fsp3) is 0.412. The molecule has 0 aliphatic carbocycles. The molecule has 24 heavy (non-hydrogen) atoms. The molecule has 1 aliphatic rings. The van der Waals surface area contributed by atoms with E-state index in [0.717, 1.165) is 11.4 Å². The van der Waals surface area contributed by atoms with Gasteiger partial charge in [0.25, 0.3) is 0 Å². The summed E-state index contributed by atoms with van der Waals surface area (Å²) in [5.74, 6) is 0.753. The fourth-order valence-electron chi connectivity index (χ4n) is 2.89. The number of amides is 2. The third-order valence-corrected chi connectivity index (χ3v) is 4.59. The number of hydrogen-bond acceptors (Lipinski definition) is 3. The first-order chi connectivity index (χ1) is 11.5. The second kappa shape index (κ2) is 7.23. The van der Waals surface area contributed by atoms with E-state index in [1.807, 2.05) is 29.9 Å². The summed E-state index contributed by atoms with van der Waals surface area (Å²) >= 11 is 5.97. The Kier molecular flexibility index (Phi) is 5.06. The maximum absolute atomic E-state index is 12.6. The summed E-state index contributed by atoms with van der Waals surface area (Å²) in [7, 11) is 1.90. The highest BCUT2D eigenvalue weighted by molar-refractivity contribution is 6.30. The second-order valence-corrected chi connectivity index (χ2v) is 6.49. The summed E-state index contributed by atoms with van der Waals surface area (Å²) in [6.45, 7) is 1.11. The van der Waals surface area contributed by atoms with Crippen LogP contribution in [0.4, 0.5) is 4.79 Å². The minimum absolute atomic E-state index is 0.148. The van der Waals surface area contributed by atoms with Crippen LogP contribution >= 0.6 is 11.6 Å². The van der Waals surface area contributed by atoms with Crippen molar-refractivity contribution < 1.29 is 9.90 Å². The van der Waals surface area contributed by atoms with E-state index in [1.165, 1.54) is 0 Å². The van der Waals surface area contributed by atoms with E-state index >= 15 is 0 Å². The van der Waals surface area contributed by atoms with Crippen molar-refractivity contribution in [2.75, 3.05) is 13.1 Å². The number of aryl methyl sites for hydroxylation is 1. The highest BCUT2D eigenvalue weighted by Gasteiger charge is 2.26. The summed E-state index contributed by atoms with van der Waals surface area (Å²) in [4.78, 5) is 18.7. The van der Waals surface area contributed by atoms with Gasteiger partial charge in [0.15, 0.2) is 0 Å². The van der Waals surface area contributed by atoms with Gasteiger partial charge in [0, 0.05) is 37.6 Å². The van der Waals surface area contributed by atoms with Crippen molar-refractivity contribution >= 4 is 17.6 Å². The monoisotopic (exact) mass is 348 g/mol. The van der Waals surface area contributed by atoms with Crippen molar-refractivity contribution in [3.63, 3.8) is 0 Å². The minimum Gasteiger partial charge on any atom is -0.393 e. The van der Waals surface area contributed by atoms with E-state index < -0.39 is 0 Å². The topological polar surface area (TPSA) is 70.4 Å². The number of aliphatic hydroxyl groups is 1. The van der Waals surface area contributed by atoms with Crippen molar-refractivity contribution in [3.05, 3.63) is 53.1 Å². The van der Waals surface area contributed by atoms with E-state index in [4.69, 9.17) is 11.6 Å². The van der Waals surface area contributed by atoms with E-state index in [1.54, 1.807) is 23.2 Å². The SMILES string of the molecule is Cn1ccnc1[C@@H](NC(=O)N1CCC(O)CC1)c1ccc(Cl)cc1. The molecule has 1 saturated heterocycles. The second-order valence-electron chi connectivity index (χ2n) is 6.05. The van der Waals surface area contributed by atoms with Crippen molar-refractivity contribution in [3.8, 4) is 0 Å². The number of aliphatic hydroxyl groups excluding tert-OH is 1. The van der Waals surface area contributed by atoms with Crippen LogP contribution in [0.1, 0.15) is 30.3 Å². The maximum Gasteiger partial charge on any atom is 0.318 e. The normalized spacial score (nSPS) is 16.9. The lowest BCUT2D eigenvalue weighted by Crippen LogP contribution is -2.47. The lowest BCUT2D eigenvalue weighted by Gasteiger charge is -2.31. The van der Waals surface area contributed by atoms with Gasteiger partial charge in [-0.1, -0.05) is 23.7 Å². The first-order valence-corrected chi connectivity index (χ1v) is 8.38. The van der Waals surface area contributed by atoms with Crippen molar-refractivity contribution in [1.82, 2.24) is 19.8 Å². The number of rotatable bonds is 3. The molecule has 2 heterocycles. The number of carbonyl (C=O) groups excluding carboxylic acids is 1. The number of nitrogens with zero attached hydrogens (tertiary/aromatic N) is 3. The molecule has 7 heteroatoms. The molecular weight excluding hydrogens is 328 g/mol. The van der Waals surface area contributed by atoms with Crippen LogP contribution in [-0.4, -0.2) is 44.8 Å². The van der Waals surface area contributed by atoms with E-state index in [9.17, 15) is 9.90 Å². The molecule has 1 atom stereocenters. The largest absolute Gasteiger partial charge is 0.393 e. The number of benzene rings is 1. The predicted molar refractivity (Wildman–Crippen MR) is 91.8 cm³/mol. The van der Waals surface area contributed by atoms with Crippen molar-refractivity contribution in [2.45, 2.75) is 25.0 Å². The molecule has 1 aromatic carbocycles. The number of carbonyl (C=O) groups is 1. The van der Waals surface area contributed by atoms with Crippen molar-refractivity contribution in [1.29, 1.82) is 0 Å². The smallest absolute Gasteiger partial charge is 0.318 e. The van der Waals surface area contributed by atoms with Gasteiger partial charge in [-0.2, -0.15) is 0 Å².